The summed E-state index contributed by atoms with van der Waals surface area (Å²) in [6.45, 7) is 2.57. The Bertz CT molecular complexity index is 736. The molecule has 1 heterocycles. The Labute approximate surface area is 145 Å². The Hall–Kier alpha value is -2.89. The minimum absolute atomic E-state index is 0.169. The second-order valence-corrected chi connectivity index (χ2v) is 5.78. The van der Waals surface area contributed by atoms with Crippen LogP contribution in [0.25, 0.3) is 6.08 Å². The minimum Gasteiger partial charge on any atom is -0.368 e. The molecular weight excluding hydrogens is 324 g/mol. The van der Waals surface area contributed by atoms with Crippen LogP contribution in [-0.4, -0.2) is 37.1 Å². The van der Waals surface area contributed by atoms with Gasteiger partial charge in [-0.1, -0.05) is 12.1 Å². The molecule has 0 radical (unpaired) electrons. The van der Waals surface area contributed by atoms with Gasteiger partial charge < -0.3 is 15.1 Å². The van der Waals surface area contributed by atoms with Crippen LogP contribution in [0.2, 0.25) is 0 Å². The van der Waals surface area contributed by atoms with Gasteiger partial charge >= 0.3 is 6.03 Å². The lowest BCUT2D eigenvalue weighted by Gasteiger charge is -2.35. The molecule has 1 aliphatic heterocycles. The van der Waals surface area contributed by atoms with Crippen LogP contribution in [0.3, 0.4) is 0 Å². The maximum atomic E-state index is 13.0. The van der Waals surface area contributed by atoms with Gasteiger partial charge in [0, 0.05) is 38.1 Å². The number of benzene rings is 2. The van der Waals surface area contributed by atoms with Crippen molar-refractivity contribution in [2.45, 2.75) is 0 Å². The van der Waals surface area contributed by atoms with Gasteiger partial charge in [-0.2, -0.15) is 0 Å². The average Bonchev–Trinajstić information content (AvgIpc) is 2.64. The minimum atomic E-state index is -0.291. The van der Waals surface area contributed by atoms with Crippen LogP contribution >= 0.6 is 0 Å². The first-order valence-corrected chi connectivity index (χ1v) is 8.10. The van der Waals surface area contributed by atoms with Gasteiger partial charge in [-0.25, -0.2) is 13.6 Å². The molecule has 0 atom stereocenters. The lowest BCUT2D eigenvalue weighted by Crippen LogP contribution is -2.51. The van der Waals surface area contributed by atoms with Gasteiger partial charge in [-0.15, -0.1) is 0 Å². The Kier molecular flexibility index (Phi) is 5.28. The van der Waals surface area contributed by atoms with Crippen molar-refractivity contribution in [2.24, 2.45) is 0 Å². The number of hydrogen-bond donors (Lipinski definition) is 1. The van der Waals surface area contributed by atoms with Crippen LogP contribution in [0.4, 0.5) is 19.3 Å². The van der Waals surface area contributed by atoms with Crippen molar-refractivity contribution in [3.63, 3.8) is 0 Å². The summed E-state index contributed by atoms with van der Waals surface area (Å²) in [7, 11) is 0. The first kappa shape index (κ1) is 17.0. The van der Waals surface area contributed by atoms with Gasteiger partial charge in [0.1, 0.15) is 11.6 Å². The SMILES string of the molecule is O=C(N/C=C/c1ccc(F)cc1)N1CCN(c2ccc(F)cc2)CC1. The largest absolute Gasteiger partial charge is 0.368 e. The summed E-state index contributed by atoms with van der Waals surface area (Å²) >= 11 is 0. The number of piperazine rings is 1. The van der Waals surface area contributed by atoms with Crippen molar-refractivity contribution < 1.29 is 13.6 Å². The molecule has 0 aromatic heterocycles. The average molecular weight is 343 g/mol. The Balaban J connectivity index is 1.48. The highest BCUT2D eigenvalue weighted by Crippen LogP contribution is 2.16. The van der Waals surface area contributed by atoms with E-state index in [4.69, 9.17) is 0 Å². The summed E-state index contributed by atoms with van der Waals surface area (Å²) in [5.74, 6) is -0.546. The number of hydrogen-bond acceptors (Lipinski definition) is 2. The zero-order valence-electron chi connectivity index (χ0n) is 13.7. The molecule has 25 heavy (non-hydrogen) atoms. The van der Waals surface area contributed by atoms with Gasteiger partial charge in [-0.05, 0) is 48.0 Å². The third-order valence-corrected chi connectivity index (χ3v) is 4.11. The second-order valence-electron chi connectivity index (χ2n) is 5.78. The molecule has 4 nitrogen and oxygen atoms in total. The fraction of sp³-hybridized carbons (Fsp3) is 0.211. The smallest absolute Gasteiger partial charge is 0.321 e. The fourth-order valence-electron chi connectivity index (χ4n) is 2.69. The summed E-state index contributed by atoms with van der Waals surface area (Å²) in [5, 5.41) is 2.72. The van der Waals surface area contributed by atoms with Crippen LogP contribution < -0.4 is 10.2 Å². The van der Waals surface area contributed by atoms with Gasteiger partial charge in [0.15, 0.2) is 0 Å². The standard InChI is InChI=1S/C19H19F2N3O/c20-16-3-1-15(2-4-16)9-10-22-19(25)24-13-11-23(12-14-24)18-7-5-17(21)6-8-18/h1-10H,11-14H2,(H,22,25)/b10-9+. The summed E-state index contributed by atoms with van der Waals surface area (Å²) in [6.07, 6.45) is 3.27. The van der Waals surface area contributed by atoms with E-state index in [1.165, 1.54) is 24.3 Å². The predicted octanol–water partition coefficient (Wildman–Crippen LogP) is 3.47. The monoisotopic (exact) mass is 343 g/mol. The van der Waals surface area contributed by atoms with E-state index in [2.05, 4.69) is 10.2 Å². The predicted molar refractivity (Wildman–Crippen MR) is 94.2 cm³/mol. The maximum Gasteiger partial charge on any atom is 0.321 e. The van der Waals surface area contributed by atoms with E-state index in [9.17, 15) is 13.6 Å². The van der Waals surface area contributed by atoms with Crippen LogP contribution in [-0.2, 0) is 0 Å². The molecule has 2 amide bonds. The number of halogens is 2. The molecule has 0 bridgehead atoms. The number of amides is 2. The highest BCUT2D eigenvalue weighted by molar-refractivity contribution is 5.76. The fourth-order valence-corrected chi connectivity index (χ4v) is 2.69. The molecule has 2 aromatic rings. The molecule has 1 N–H and O–H groups in total. The molecule has 0 unspecified atom stereocenters. The molecular formula is C19H19F2N3O. The van der Waals surface area contributed by atoms with Crippen molar-refractivity contribution in [3.05, 3.63) is 71.9 Å². The lowest BCUT2D eigenvalue weighted by molar-refractivity contribution is 0.198. The molecule has 3 rings (SSSR count). The molecule has 0 saturated carbocycles. The molecule has 6 heteroatoms. The summed E-state index contributed by atoms with van der Waals surface area (Å²) < 4.78 is 25.8. The van der Waals surface area contributed by atoms with Crippen LogP contribution in [0.5, 0.6) is 0 Å². The second kappa shape index (κ2) is 7.79. The van der Waals surface area contributed by atoms with Crippen LogP contribution in [0.1, 0.15) is 5.56 Å². The van der Waals surface area contributed by atoms with E-state index >= 15 is 0 Å². The molecule has 1 aliphatic rings. The van der Waals surface area contributed by atoms with Gasteiger partial charge in [0.25, 0.3) is 0 Å². The first-order valence-electron chi connectivity index (χ1n) is 8.10. The van der Waals surface area contributed by atoms with E-state index in [-0.39, 0.29) is 17.7 Å². The van der Waals surface area contributed by atoms with Gasteiger partial charge in [0.05, 0.1) is 0 Å². The lowest BCUT2D eigenvalue weighted by atomic mass is 10.2. The Morgan fingerprint density at radius 3 is 2.04 bits per heavy atom. The Morgan fingerprint density at radius 2 is 1.44 bits per heavy atom. The zero-order valence-corrected chi connectivity index (χ0v) is 13.7. The van der Waals surface area contributed by atoms with Gasteiger partial charge in [0.2, 0.25) is 0 Å². The number of urea groups is 1. The molecule has 130 valence electrons. The third kappa shape index (κ3) is 4.56. The van der Waals surface area contributed by atoms with Crippen molar-refractivity contribution in [1.82, 2.24) is 10.2 Å². The molecule has 0 aliphatic carbocycles. The number of anilines is 1. The summed E-state index contributed by atoms with van der Waals surface area (Å²) in [4.78, 5) is 16.0. The summed E-state index contributed by atoms with van der Waals surface area (Å²) in [5.41, 5.74) is 1.76. The normalized spacial score (nSPS) is 14.8. The maximum absolute atomic E-state index is 13.0. The molecule has 1 saturated heterocycles. The van der Waals surface area contributed by atoms with E-state index in [1.54, 1.807) is 41.4 Å². The summed E-state index contributed by atoms with van der Waals surface area (Å²) in [6, 6.07) is 12.2. The Morgan fingerprint density at radius 1 is 0.880 bits per heavy atom. The number of carbonyl (C=O) groups is 1. The van der Waals surface area contributed by atoms with Crippen molar-refractivity contribution in [1.29, 1.82) is 0 Å². The number of nitrogens with one attached hydrogen (secondary N) is 1. The quantitative estimate of drug-likeness (QED) is 0.926. The van der Waals surface area contributed by atoms with Crippen LogP contribution in [0, 0.1) is 11.6 Å². The highest BCUT2D eigenvalue weighted by Gasteiger charge is 2.20. The molecule has 2 aromatic carbocycles. The van der Waals surface area contributed by atoms with Crippen LogP contribution in [0.15, 0.2) is 54.7 Å². The van der Waals surface area contributed by atoms with Crippen molar-refractivity contribution >= 4 is 17.8 Å². The van der Waals surface area contributed by atoms with E-state index in [0.717, 1.165) is 11.3 Å². The topological polar surface area (TPSA) is 35.6 Å². The number of carbonyl (C=O) groups excluding carboxylic acids is 1. The van der Waals surface area contributed by atoms with E-state index < -0.39 is 0 Å². The zero-order chi connectivity index (χ0) is 17.6. The van der Waals surface area contributed by atoms with Crippen molar-refractivity contribution in [2.75, 3.05) is 31.1 Å². The first-order chi connectivity index (χ1) is 12.1. The third-order valence-electron chi connectivity index (χ3n) is 4.11. The van der Waals surface area contributed by atoms with E-state index in [0.29, 0.717) is 26.2 Å². The highest BCUT2D eigenvalue weighted by atomic mass is 19.1. The van der Waals surface area contributed by atoms with Gasteiger partial charge in [-0.3, -0.25) is 0 Å². The number of nitrogens with zero attached hydrogens (tertiary/aromatic N) is 2. The number of rotatable bonds is 3. The van der Waals surface area contributed by atoms with Crippen molar-refractivity contribution in [3.8, 4) is 0 Å². The van der Waals surface area contributed by atoms with E-state index in [1.807, 2.05) is 0 Å². The molecule has 1 fully saturated rings. The molecule has 0 spiro atoms.